The molecule has 4 rings (SSSR count). The molecule has 0 radical (unpaired) electrons. The highest BCUT2D eigenvalue weighted by Gasteiger charge is 2.30. The van der Waals surface area contributed by atoms with Crippen molar-refractivity contribution in [3.8, 4) is 5.75 Å². The second-order valence-corrected chi connectivity index (χ2v) is 9.18. The lowest BCUT2D eigenvalue weighted by Crippen LogP contribution is -2.51. The van der Waals surface area contributed by atoms with Gasteiger partial charge in [-0.2, -0.15) is 0 Å². The van der Waals surface area contributed by atoms with Crippen LogP contribution in [0.15, 0.2) is 109 Å². The van der Waals surface area contributed by atoms with Gasteiger partial charge in [0.15, 0.2) is 6.61 Å². The second kappa shape index (κ2) is 13.4. The summed E-state index contributed by atoms with van der Waals surface area (Å²) in [6.07, 6.45) is 0.292. The third-order valence-corrected chi connectivity index (χ3v) is 6.35. The zero-order valence-electron chi connectivity index (χ0n) is 20.7. The quantitative estimate of drug-likeness (QED) is 0.266. The van der Waals surface area contributed by atoms with Crippen molar-refractivity contribution in [2.45, 2.75) is 25.6 Å². The molecule has 7 heteroatoms. The second-order valence-electron chi connectivity index (χ2n) is 8.78. The molecule has 0 aliphatic heterocycles. The Labute approximate surface area is 226 Å². The summed E-state index contributed by atoms with van der Waals surface area (Å²) in [7, 11) is 0. The Morgan fingerprint density at radius 3 is 2.05 bits per heavy atom. The van der Waals surface area contributed by atoms with Crippen LogP contribution in [0.4, 0.5) is 4.39 Å². The van der Waals surface area contributed by atoms with E-state index in [1.807, 2.05) is 60.7 Å². The van der Waals surface area contributed by atoms with E-state index in [9.17, 15) is 14.0 Å². The van der Waals surface area contributed by atoms with E-state index < -0.39 is 11.9 Å². The first-order chi connectivity index (χ1) is 18.5. The number of rotatable bonds is 11. The van der Waals surface area contributed by atoms with Crippen LogP contribution < -0.4 is 10.1 Å². The van der Waals surface area contributed by atoms with Crippen molar-refractivity contribution in [3.63, 3.8) is 0 Å². The Morgan fingerprint density at radius 1 is 0.789 bits per heavy atom. The first-order valence-electron chi connectivity index (χ1n) is 12.3. The van der Waals surface area contributed by atoms with Gasteiger partial charge in [-0.1, -0.05) is 96.5 Å². The molecule has 38 heavy (non-hydrogen) atoms. The van der Waals surface area contributed by atoms with Crippen LogP contribution in [0.25, 0.3) is 0 Å². The molecule has 0 unspecified atom stereocenters. The topological polar surface area (TPSA) is 58.6 Å². The number of carbonyl (C=O) groups excluding carboxylic acids is 2. The van der Waals surface area contributed by atoms with Crippen molar-refractivity contribution in [1.82, 2.24) is 10.2 Å². The van der Waals surface area contributed by atoms with Gasteiger partial charge in [0.05, 0.1) is 5.02 Å². The van der Waals surface area contributed by atoms with Crippen molar-refractivity contribution >= 4 is 23.4 Å². The lowest BCUT2D eigenvalue weighted by molar-refractivity contribution is -0.142. The maximum absolute atomic E-state index is 13.6. The first-order valence-corrected chi connectivity index (χ1v) is 12.6. The summed E-state index contributed by atoms with van der Waals surface area (Å²) in [5.41, 5.74) is 2.53. The minimum Gasteiger partial charge on any atom is -0.482 e. The van der Waals surface area contributed by atoms with Crippen LogP contribution in [0.3, 0.4) is 0 Å². The summed E-state index contributed by atoms with van der Waals surface area (Å²) < 4.78 is 19.3. The van der Waals surface area contributed by atoms with Crippen molar-refractivity contribution in [2.75, 3.05) is 6.61 Å². The van der Waals surface area contributed by atoms with E-state index in [-0.39, 0.29) is 24.9 Å². The van der Waals surface area contributed by atoms with E-state index in [0.717, 1.165) is 11.1 Å². The lowest BCUT2D eigenvalue weighted by atomic mass is 10.0. The van der Waals surface area contributed by atoms with Gasteiger partial charge in [0, 0.05) is 19.5 Å². The molecule has 2 amide bonds. The lowest BCUT2D eigenvalue weighted by Gasteiger charge is -2.31. The SMILES string of the molecule is O=C(NCc1ccccc1)[C@H](Cc1ccccc1)N(Cc1ccc(F)cc1)C(=O)COc1ccccc1Cl. The van der Waals surface area contributed by atoms with Gasteiger partial charge < -0.3 is 15.0 Å². The highest BCUT2D eigenvalue weighted by atomic mass is 35.5. The summed E-state index contributed by atoms with van der Waals surface area (Å²) in [6, 6.07) is 31.0. The fourth-order valence-corrected chi connectivity index (χ4v) is 4.22. The van der Waals surface area contributed by atoms with Gasteiger partial charge in [-0.3, -0.25) is 9.59 Å². The third-order valence-electron chi connectivity index (χ3n) is 6.03. The van der Waals surface area contributed by atoms with Gasteiger partial charge in [-0.15, -0.1) is 0 Å². The van der Waals surface area contributed by atoms with Gasteiger partial charge in [0.1, 0.15) is 17.6 Å². The molecule has 0 aliphatic rings. The highest BCUT2D eigenvalue weighted by molar-refractivity contribution is 6.32. The summed E-state index contributed by atoms with van der Waals surface area (Å²) in [5.74, 6) is -0.705. The molecule has 0 fully saturated rings. The number of nitrogens with zero attached hydrogens (tertiary/aromatic N) is 1. The fourth-order valence-electron chi connectivity index (χ4n) is 4.03. The van der Waals surface area contributed by atoms with Crippen molar-refractivity contribution in [2.24, 2.45) is 0 Å². The van der Waals surface area contributed by atoms with E-state index >= 15 is 0 Å². The first kappa shape index (κ1) is 26.9. The minimum atomic E-state index is -0.839. The maximum Gasteiger partial charge on any atom is 0.261 e. The summed E-state index contributed by atoms with van der Waals surface area (Å²) in [4.78, 5) is 28.7. The standard InChI is InChI=1S/C31H28ClFN2O3/c32-27-13-7-8-14-29(27)38-22-30(36)35(21-25-15-17-26(33)18-16-25)28(19-23-9-3-1-4-10-23)31(37)34-20-24-11-5-2-6-12-24/h1-18,28H,19-22H2,(H,34,37)/t28-/m0/s1. The summed E-state index contributed by atoms with van der Waals surface area (Å²) in [5, 5.41) is 3.36. The predicted molar refractivity (Wildman–Crippen MR) is 146 cm³/mol. The average Bonchev–Trinajstić information content (AvgIpc) is 2.95. The van der Waals surface area contributed by atoms with Gasteiger partial charge in [-0.25, -0.2) is 4.39 Å². The van der Waals surface area contributed by atoms with E-state index in [1.165, 1.54) is 17.0 Å². The number of benzene rings is 4. The van der Waals surface area contributed by atoms with Crippen LogP contribution in [0.1, 0.15) is 16.7 Å². The summed E-state index contributed by atoms with van der Waals surface area (Å²) in [6.45, 7) is 0.100. The van der Waals surface area contributed by atoms with Crippen LogP contribution in [-0.4, -0.2) is 29.4 Å². The molecular weight excluding hydrogens is 503 g/mol. The number of ether oxygens (including phenoxy) is 1. The molecule has 194 valence electrons. The van der Waals surface area contributed by atoms with Gasteiger partial charge in [0.2, 0.25) is 5.91 Å². The number of carbonyl (C=O) groups is 2. The molecule has 4 aromatic carbocycles. The van der Waals surface area contributed by atoms with Crippen molar-refractivity contribution < 1.29 is 18.7 Å². The minimum absolute atomic E-state index is 0.0985. The van der Waals surface area contributed by atoms with Crippen LogP contribution in [0, 0.1) is 5.82 Å². The maximum atomic E-state index is 13.6. The number of para-hydroxylation sites is 1. The van der Waals surface area contributed by atoms with Crippen LogP contribution in [0.2, 0.25) is 5.02 Å². The number of nitrogens with one attached hydrogen (secondary N) is 1. The normalized spacial score (nSPS) is 11.4. The average molecular weight is 531 g/mol. The van der Waals surface area contributed by atoms with E-state index in [1.54, 1.807) is 36.4 Å². The molecule has 0 heterocycles. The van der Waals surface area contributed by atoms with Gasteiger partial charge in [-0.05, 0) is 41.0 Å². The summed E-state index contributed by atoms with van der Waals surface area (Å²) >= 11 is 6.20. The molecule has 1 atom stereocenters. The van der Waals surface area contributed by atoms with Crippen LogP contribution in [0.5, 0.6) is 5.75 Å². The van der Waals surface area contributed by atoms with Crippen LogP contribution >= 0.6 is 11.6 Å². The Kier molecular flexibility index (Phi) is 9.48. The molecule has 0 aliphatic carbocycles. The molecule has 0 bridgehead atoms. The molecule has 0 saturated heterocycles. The largest absolute Gasteiger partial charge is 0.482 e. The van der Waals surface area contributed by atoms with E-state index in [4.69, 9.17) is 16.3 Å². The molecule has 4 aromatic rings. The van der Waals surface area contributed by atoms with Crippen molar-refractivity contribution in [3.05, 3.63) is 137 Å². The number of hydrogen-bond acceptors (Lipinski definition) is 3. The molecule has 5 nitrogen and oxygen atoms in total. The molecule has 0 saturated carbocycles. The Bertz CT molecular complexity index is 1330. The zero-order chi connectivity index (χ0) is 26.7. The molecule has 0 aromatic heterocycles. The molecular formula is C31H28ClFN2O3. The monoisotopic (exact) mass is 530 g/mol. The zero-order valence-corrected chi connectivity index (χ0v) is 21.5. The Balaban J connectivity index is 1.61. The van der Waals surface area contributed by atoms with Gasteiger partial charge >= 0.3 is 0 Å². The van der Waals surface area contributed by atoms with Crippen LogP contribution in [-0.2, 0) is 29.1 Å². The third kappa shape index (κ3) is 7.67. The van der Waals surface area contributed by atoms with Gasteiger partial charge in [0.25, 0.3) is 5.91 Å². The highest BCUT2D eigenvalue weighted by Crippen LogP contribution is 2.23. The van der Waals surface area contributed by atoms with Crippen molar-refractivity contribution in [1.29, 1.82) is 0 Å². The number of hydrogen-bond donors (Lipinski definition) is 1. The molecule has 1 N–H and O–H groups in total. The predicted octanol–water partition coefficient (Wildman–Crippen LogP) is 5.81. The smallest absolute Gasteiger partial charge is 0.261 e. The molecule has 0 spiro atoms. The Hall–Kier alpha value is -4.16. The number of halogens is 2. The number of amides is 2. The Morgan fingerprint density at radius 2 is 1.39 bits per heavy atom. The fraction of sp³-hybridized carbons (Fsp3) is 0.161. The van der Waals surface area contributed by atoms with E-state index in [2.05, 4.69) is 5.32 Å². The van der Waals surface area contributed by atoms with E-state index in [0.29, 0.717) is 29.3 Å².